The van der Waals surface area contributed by atoms with E-state index in [1.165, 1.54) is 11.4 Å². The first-order chi connectivity index (χ1) is 15.8. The highest BCUT2D eigenvalue weighted by Gasteiger charge is 2.36. The van der Waals surface area contributed by atoms with Gasteiger partial charge in [0.15, 0.2) is 17.2 Å². The number of allylic oxidation sites excluding steroid dienone is 4. The second-order valence-electron chi connectivity index (χ2n) is 8.59. The van der Waals surface area contributed by atoms with Crippen molar-refractivity contribution in [2.75, 3.05) is 40.9 Å². The molecule has 6 rings (SSSR count). The molecule has 3 heterocycles. The van der Waals surface area contributed by atoms with Crippen LogP contribution in [-0.4, -0.2) is 26.2 Å². The summed E-state index contributed by atoms with van der Waals surface area (Å²) in [6, 6.07) is 16.9. The lowest BCUT2D eigenvalue weighted by Crippen LogP contribution is -3.02. The lowest BCUT2D eigenvalue weighted by Gasteiger charge is -2.40. The molecule has 0 amide bonds. The van der Waals surface area contributed by atoms with E-state index >= 15 is 0 Å². The van der Waals surface area contributed by atoms with E-state index in [4.69, 9.17) is 0 Å². The van der Waals surface area contributed by atoms with Crippen molar-refractivity contribution in [3.63, 3.8) is 0 Å². The lowest BCUT2D eigenvalue weighted by atomic mass is 9.95. The second kappa shape index (κ2) is 7.89. The summed E-state index contributed by atoms with van der Waals surface area (Å²) in [7, 11) is 0. The number of hydrogen-bond donors (Lipinski definition) is 2. The minimum Gasteiger partial charge on any atom is -0.623 e. The number of para-hydroxylation sites is 1. The maximum absolute atomic E-state index is 13.5. The SMILES string of the molecule is [O-][NH+]1C(C2C=CC=CC2)=C2NC=CN2c2cc(N3CCN(c4ccccc4)CC3)ccc21. The fourth-order valence-corrected chi connectivity index (χ4v) is 5.10. The van der Waals surface area contributed by atoms with Gasteiger partial charge in [-0.2, -0.15) is 0 Å². The van der Waals surface area contributed by atoms with Gasteiger partial charge in [0.1, 0.15) is 5.69 Å². The number of piperazine rings is 1. The molecular weight excluding hydrogens is 398 g/mol. The Bertz CT molecular complexity index is 1130. The highest BCUT2D eigenvalue weighted by Crippen LogP contribution is 2.38. The molecule has 1 saturated heterocycles. The molecule has 32 heavy (non-hydrogen) atoms. The van der Waals surface area contributed by atoms with Gasteiger partial charge >= 0.3 is 0 Å². The van der Waals surface area contributed by atoms with E-state index < -0.39 is 0 Å². The van der Waals surface area contributed by atoms with Gasteiger partial charge in [-0.05, 0) is 30.7 Å². The van der Waals surface area contributed by atoms with Crippen molar-refractivity contribution in [1.82, 2.24) is 5.32 Å². The van der Waals surface area contributed by atoms with Crippen LogP contribution in [-0.2, 0) is 0 Å². The van der Waals surface area contributed by atoms with Gasteiger partial charge < -0.3 is 25.4 Å². The number of hydroxylamine groups is 1. The number of nitrogens with zero attached hydrogens (tertiary/aromatic N) is 3. The van der Waals surface area contributed by atoms with Crippen molar-refractivity contribution in [3.05, 3.63) is 102 Å². The van der Waals surface area contributed by atoms with E-state index in [9.17, 15) is 5.21 Å². The maximum Gasteiger partial charge on any atom is 0.174 e. The van der Waals surface area contributed by atoms with E-state index in [0.29, 0.717) is 0 Å². The van der Waals surface area contributed by atoms with Crippen LogP contribution in [0.3, 0.4) is 0 Å². The van der Waals surface area contributed by atoms with Crippen LogP contribution < -0.4 is 25.1 Å². The van der Waals surface area contributed by atoms with Gasteiger partial charge in [-0.3, -0.25) is 4.90 Å². The summed E-state index contributed by atoms with van der Waals surface area (Å²) in [4.78, 5) is 7.00. The van der Waals surface area contributed by atoms with Crippen LogP contribution in [0, 0.1) is 11.1 Å². The van der Waals surface area contributed by atoms with Gasteiger partial charge in [0, 0.05) is 56.0 Å². The maximum atomic E-state index is 13.5. The molecule has 2 unspecified atom stereocenters. The average molecular weight is 426 g/mol. The van der Waals surface area contributed by atoms with Gasteiger partial charge in [0.2, 0.25) is 0 Å². The van der Waals surface area contributed by atoms with Crippen LogP contribution in [0.15, 0.2) is 96.8 Å². The molecule has 0 saturated carbocycles. The highest BCUT2D eigenvalue weighted by molar-refractivity contribution is 5.76. The number of anilines is 3. The average Bonchev–Trinajstić information content (AvgIpc) is 3.35. The van der Waals surface area contributed by atoms with Crippen molar-refractivity contribution < 1.29 is 5.06 Å². The van der Waals surface area contributed by atoms with Crippen LogP contribution in [0.2, 0.25) is 0 Å². The summed E-state index contributed by atoms with van der Waals surface area (Å²) in [5.74, 6) is 1.01. The minimum atomic E-state index is 0.108. The molecule has 1 aliphatic carbocycles. The predicted molar refractivity (Wildman–Crippen MR) is 129 cm³/mol. The van der Waals surface area contributed by atoms with Crippen molar-refractivity contribution in [3.8, 4) is 0 Å². The molecule has 2 aromatic carbocycles. The van der Waals surface area contributed by atoms with E-state index in [2.05, 4.69) is 74.6 Å². The Morgan fingerprint density at radius 2 is 1.69 bits per heavy atom. The van der Waals surface area contributed by atoms with Crippen LogP contribution in [0.5, 0.6) is 0 Å². The Balaban J connectivity index is 1.26. The zero-order valence-electron chi connectivity index (χ0n) is 17.9. The molecule has 6 heteroatoms. The second-order valence-corrected chi connectivity index (χ2v) is 8.59. The van der Waals surface area contributed by atoms with E-state index in [1.807, 2.05) is 30.6 Å². The fourth-order valence-electron chi connectivity index (χ4n) is 5.10. The first-order valence-electron chi connectivity index (χ1n) is 11.3. The third-order valence-electron chi connectivity index (χ3n) is 6.79. The summed E-state index contributed by atoms with van der Waals surface area (Å²) in [6.07, 6.45) is 13.2. The Hall–Kier alpha value is -3.48. The number of benzene rings is 2. The van der Waals surface area contributed by atoms with Crippen LogP contribution >= 0.6 is 0 Å². The van der Waals surface area contributed by atoms with Crippen LogP contribution in [0.1, 0.15) is 6.42 Å². The zero-order valence-corrected chi connectivity index (χ0v) is 17.9. The third kappa shape index (κ3) is 3.20. The van der Waals surface area contributed by atoms with Gasteiger partial charge in [0.05, 0.1) is 5.92 Å². The van der Waals surface area contributed by atoms with E-state index in [0.717, 1.165) is 55.5 Å². The lowest BCUT2D eigenvalue weighted by molar-refractivity contribution is -0.736. The molecule has 2 N–H and O–H groups in total. The number of quaternary nitrogens is 1. The largest absolute Gasteiger partial charge is 0.623 e. The molecular formula is C26H27N5O. The smallest absolute Gasteiger partial charge is 0.174 e. The number of fused-ring (bicyclic) bond motifs is 3. The Kier molecular flexibility index (Phi) is 4.74. The van der Waals surface area contributed by atoms with Gasteiger partial charge in [-0.1, -0.05) is 42.5 Å². The molecule has 2 atom stereocenters. The zero-order chi connectivity index (χ0) is 21.5. The summed E-state index contributed by atoms with van der Waals surface area (Å²) in [5, 5.41) is 17.0. The summed E-state index contributed by atoms with van der Waals surface area (Å²) >= 11 is 0. The normalized spacial score (nSPS) is 24.0. The Morgan fingerprint density at radius 1 is 0.906 bits per heavy atom. The molecule has 0 aromatic heterocycles. The molecule has 2 aromatic rings. The molecule has 0 radical (unpaired) electrons. The Morgan fingerprint density at radius 3 is 2.44 bits per heavy atom. The van der Waals surface area contributed by atoms with E-state index in [-0.39, 0.29) is 11.0 Å². The molecule has 6 nitrogen and oxygen atoms in total. The monoisotopic (exact) mass is 425 g/mol. The van der Waals surface area contributed by atoms with E-state index in [1.54, 1.807) is 0 Å². The predicted octanol–water partition coefficient (Wildman–Crippen LogP) is 3.22. The van der Waals surface area contributed by atoms with Crippen LogP contribution in [0.4, 0.5) is 22.7 Å². The first kappa shape index (κ1) is 19.2. The Labute approximate surface area is 188 Å². The van der Waals surface area contributed by atoms with Crippen molar-refractivity contribution in [1.29, 1.82) is 0 Å². The quantitative estimate of drug-likeness (QED) is 0.740. The standard InChI is InChI=1S/C26H27N5O/c32-31-23-12-11-22(29-17-15-28(16-18-29)21-9-5-2-6-10-21)19-24(23)30-14-13-27-26(30)25(31)20-7-3-1-4-8-20/h1-7,9-14,19-20,27,31H,8,15-18H2. The molecule has 0 spiro atoms. The van der Waals surface area contributed by atoms with Gasteiger partial charge in [0.25, 0.3) is 0 Å². The molecule has 1 fully saturated rings. The molecule has 4 aliphatic rings. The van der Waals surface area contributed by atoms with Gasteiger partial charge in [-0.15, -0.1) is 0 Å². The third-order valence-corrected chi connectivity index (χ3v) is 6.79. The van der Waals surface area contributed by atoms with Gasteiger partial charge in [-0.25, -0.2) is 0 Å². The number of hydrogen-bond acceptors (Lipinski definition) is 5. The van der Waals surface area contributed by atoms with Crippen LogP contribution in [0.25, 0.3) is 0 Å². The number of nitrogens with one attached hydrogen (secondary N) is 2. The summed E-state index contributed by atoms with van der Waals surface area (Å²) < 4.78 is 0. The topological polar surface area (TPSA) is 49.3 Å². The first-order valence-corrected chi connectivity index (χ1v) is 11.3. The molecule has 0 bridgehead atoms. The minimum absolute atomic E-state index is 0.108. The summed E-state index contributed by atoms with van der Waals surface area (Å²) in [5.41, 5.74) is 5.06. The van der Waals surface area contributed by atoms with Crippen molar-refractivity contribution in [2.24, 2.45) is 5.92 Å². The molecule has 162 valence electrons. The highest BCUT2D eigenvalue weighted by atomic mass is 16.5. The van der Waals surface area contributed by atoms with Crippen molar-refractivity contribution >= 4 is 22.7 Å². The van der Waals surface area contributed by atoms with Crippen molar-refractivity contribution in [2.45, 2.75) is 6.42 Å². The summed E-state index contributed by atoms with van der Waals surface area (Å²) in [6.45, 7) is 3.90. The fraction of sp³-hybridized carbons (Fsp3) is 0.231. The number of rotatable bonds is 3. The molecule has 3 aliphatic heterocycles.